The number of hydrogen-bond donors (Lipinski definition) is 0. The first kappa shape index (κ1) is 18.4. The lowest BCUT2D eigenvalue weighted by Crippen LogP contribution is -2.24. The van der Waals surface area contributed by atoms with Crippen molar-refractivity contribution in [3.63, 3.8) is 0 Å². The van der Waals surface area contributed by atoms with Crippen molar-refractivity contribution in [1.82, 2.24) is 14.8 Å². The molecule has 2 heterocycles. The summed E-state index contributed by atoms with van der Waals surface area (Å²) >= 11 is 0. The number of rotatable bonds is 5. The second-order valence-electron chi connectivity index (χ2n) is 6.49. The van der Waals surface area contributed by atoms with Gasteiger partial charge in [-0.05, 0) is 31.4 Å². The van der Waals surface area contributed by atoms with Crippen molar-refractivity contribution >= 4 is 5.97 Å². The Balaban J connectivity index is 1.67. The van der Waals surface area contributed by atoms with Gasteiger partial charge in [0.15, 0.2) is 0 Å². The normalized spacial score (nSPS) is 17.2. The lowest BCUT2D eigenvalue weighted by atomic mass is 9.84. The highest BCUT2D eigenvalue weighted by molar-refractivity contribution is 5.88. The van der Waals surface area contributed by atoms with Crippen LogP contribution in [-0.4, -0.2) is 33.3 Å². The summed E-state index contributed by atoms with van der Waals surface area (Å²) in [4.78, 5) is 15.8. The molecule has 0 aliphatic heterocycles. The molecule has 0 N–H and O–H groups in total. The van der Waals surface area contributed by atoms with Gasteiger partial charge in [-0.15, -0.1) is 0 Å². The Hall–Kier alpha value is -2.38. The van der Waals surface area contributed by atoms with E-state index >= 15 is 0 Å². The van der Waals surface area contributed by atoms with Gasteiger partial charge in [0.1, 0.15) is 5.82 Å². The molecule has 5 nitrogen and oxygen atoms in total. The fourth-order valence-electron chi connectivity index (χ4n) is 3.15. The summed E-state index contributed by atoms with van der Waals surface area (Å²) < 4.78 is 47.3. The van der Waals surface area contributed by atoms with Gasteiger partial charge in [0.25, 0.3) is 0 Å². The minimum Gasteiger partial charge on any atom is -0.462 e. The zero-order chi connectivity index (χ0) is 18.7. The van der Waals surface area contributed by atoms with Gasteiger partial charge in [-0.25, -0.2) is 18.0 Å². The molecule has 0 unspecified atom stereocenters. The standard InChI is InChI=1S/C18H20F3N3O2/c1-2-26-17(25)14-9-23-24(11-14)10-12-7-15(19)16(22-8-12)13-3-5-18(20,21)6-4-13/h7-9,11,13H,2-6,10H2,1H3. The Morgan fingerprint density at radius 3 is 2.73 bits per heavy atom. The van der Waals surface area contributed by atoms with E-state index in [1.807, 2.05) is 0 Å². The fraction of sp³-hybridized carbons (Fsp3) is 0.500. The third kappa shape index (κ3) is 4.23. The highest BCUT2D eigenvalue weighted by atomic mass is 19.3. The van der Waals surface area contributed by atoms with Crippen molar-refractivity contribution in [2.75, 3.05) is 6.61 Å². The number of carbonyl (C=O) groups is 1. The third-order valence-electron chi connectivity index (χ3n) is 4.52. The van der Waals surface area contributed by atoms with Crippen LogP contribution in [-0.2, 0) is 11.3 Å². The second-order valence-corrected chi connectivity index (χ2v) is 6.49. The number of esters is 1. The number of carbonyl (C=O) groups excluding carboxylic acids is 1. The molecule has 0 aromatic carbocycles. The minimum atomic E-state index is -2.65. The molecule has 0 radical (unpaired) electrons. The molecule has 3 rings (SSSR count). The van der Waals surface area contributed by atoms with Crippen molar-refractivity contribution in [1.29, 1.82) is 0 Å². The zero-order valence-electron chi connectivity index (χ0n) is 14.4. The molecule has 26 heavy (non-hydrogen) atoms. The average Bonchev–Trinajstić information content (AvgIpc) is 3.04. The highest BCUT2D eigenvalue weighted by Crippen LogP contribution is 2.40. The highest BCUT2D eigenvalue weighted by Gasteiger charge is 2.36. The molecule has 8 heteroatoms. The molecule has 1 fully saturated rings. The third-order valence-corrected chi connectivity index (χ3v) is 4.52. The van der Waals surface area contributed by atoms with Crippen LogP contribution in [0.2, 0.25) is 0 Å². The van der Waals surface area contributed by atoms with Crippen LogP contribution < -0.4 is 0 Å². The van der Waals surface area contributed by atoms with E-state index < -0.39 is 17.7 Å². The maximum atomic E-state index is 14.4. The number of pyridine rings is 1. The number of alkyl halides is 2. The molecule has 0 saturated heterocycles. The van der Waals surface area contributed by atoms with Crippen LogP contribution in [0.3, 0.4) is 0 Å². The molecule has 0 amide bonds. The average molecular weight is 367 g/mol. The van der Waals surface area contributed by atoms with Crippen molar-refractivity contribution in [3.8, 4) is 0 Å². The predicted molar refractivity (Wildman–Crippen MR) is 87.6 cm³/mol. The molecule has 0 spiro atoms. The number of aromatic nitrogens is 3. The minimum absolute atomic E-state index is 0.232. The molecule has 0 atom stereocenters. The number of hydrogen-bond acceptors (Lipinski definition) is 4. The van der Waals surface area contributed by atoms with Gasteiger partial charge < -0.3 is 4.74 Å². The Bertz CT molecular complexity index is 782. The quantitative estimate of drug-likeness (QED) is 0.752. The zero-order valence-corrected chi connectivity index (χ0v) is 14.4. The molecule has 2 aromatic rings. The van der Waals surface area contributed by atoms with Crippen molar-refractivity contribution in [3.05, 3.63) is 47.3 Å². The summed E-state index contributed by atoms with van der Waals surface area (Å²) in [6.07, 6.45) is 4.44. The van der Waals surface area contributed by atoms with Crippen molar-refractivity contribution < 1.29 is 22.7 Å². The number of halogens is 3. The summed E-state index contributed by atoms with van der Waals surface area (Å²) in [5, 5.41) is 4.05. The van der Waals surface area contributed by atoms with Crippen LogP contribution in [0.25, 0.3) is 0 Å². The monoisotopic (exact) mass is 367 g/mol. The first-order valence-electron chi connectivity index (χ1n) is 8.59. The lowest BCUT2D eigenvalue weighted by Gasteiger charge is -2.28. The van der Waals surface area contributed by atoms with Crippen LogP contribution in [0.5, 0.6) is 0 Å². The van der Waals surface area contributed by atoms with Crippen LogP contribution in [0.4, 0.5) is 13.2 Å². The number of ether oxygens (including phenoxy) is 1. The first-order valence-corrected chi connectivity index (χ1v) is 8.59. The van der Waals surface area contributed by atoms with Gasteiger partial charge in [-0.1, -0.05) is 0 Å². The number of nitrogens with zero attached hydrogens (tertiary/aromatic N) is 3. The maximum Gasteiger partial charge on any atom is 0.341 e. The Kier molecular flexibility index (Phi) is 5.29. The van der Waals surface area contributed by atoms with Crippen LogP contribution in [0.1, 0.15) is 60.1 Å². The second kappa shape index (κ2) is 7.47. The summed E-state index contributed by atoms with van der Waals surface area (Å²) in [5.74, 6) is -3.88. The smallest absolute Gasteiger partial charge is 0.341 e. The molecule has 140 valence electrons. The van der Waals surface area contributed by atoms with Crippen molar-refractivity contribution in [2.45, 2.75) is 51.0 Å². The fourth-order valence-corrected chi connectivity index (χ4v) is 3.15. The molecule has 1 aliphatic carbocycles. The van der Waals surface area contributed by atoms with Gasteiger partial charge in [0.2, 0.25) is 5.92 Å². The van der Waals surface area contributed by atoms with Gasteiger partial charge in [0, 0.05) is 31.2 Å². The van der Waals surface area contributed by atoms with Gasteiger partial charge in [0.05, 0.1) is 30.6 Å². The van der Waals surface area contributed by atoms with E-state index in [1.54, 1.807) is 6.92 Å². The van der Waals surface area contributed by atoms with E-state index in [-0.39, 0.29) is 50.4 Å². The van der Waals surface area contributed by atoms with Crippen LogP contribution >= 0.6 is 0 Å². The summed E-state index contributed by atoms with van der Waals surface area (Å²) in [6, 6.07) is 1.35. The molecular formula is C18H20F3N3O2. The topological polar surface area (TPSA) is 57.0 Å². The first-order chi connectivity index (χ1) is 12.4. The van der Waals surface area contributed by atoms with E-state index in [9.17, 15) is 18.0 Å². The lowest BCUT2D eigenvalue weighted by molar-refractivity contribution is -0.0387. The van der Waals surface area contributed by atoms with E-state index in [1.165, 1.54) is 29.3 Å². The molecule has 1 saturated carbocycles. The van der Waals surface area contributed by atoms with E-state index in [0.29, 0.717) is 11.1 Å². The molecule has 0 bridgehead atoms. The van der Waals surface area contributed by atoms with Crippen molar-refractivity contribution in [2.24, 2.45) is 0 Å². The maximum absolute atomic E-state index is 14.4. The molecule has 2 aromatic heterocycles. The summed E-state index contributed by atoms with van der Waals surface area (Å²) in [6.45, 7) is 2.23. The Morgan fingerprint density at radius 1 is 1.35 bits per heavy atom. The molecule has 1 aliphatic rings. The van der Waals surface area contributed by atoms with Crippen LogP contribution in [0, 0.1) is 5.82 Å². The Morgan fingerprint density at radius 2 is 2.08 bits per heavy atom. The van der Waals surface area contributed by atoms with Crippen LogP contribution in [0.15, 0.2) is 24.7 Å². The van der Waals surface area contributed by atoms with E-state index in [2.05, 4.69) is 10.1 Å². The van der Waals surface area contributed by atoms with Gasteiger partial charge in [-0.2, -0.15) is 5.10 Å². The van der Waals surface area contributed by atoms with E-state index in [4.69, 9.17) is 4.74 Å². The van der Waals surface area contributed by atoms with Gasteiger partial charge in [-0.3, -0.25) is 9.67 Å². The van der Waals surface area contributed by atoms with E-state index in [0.717, 1.165) is 0 Å². The predicted octanol–water partition coefficient (Wildman–Crippen LogP) is 3.94. The SMILES string of the molecule is CCOC(=O)c1cnn(Cc2cnc(C3CCC(F)(F)CC3)c(F)c2)c1. The largest absolute Gasteiger partial charge is 0.462 e. The molecular weight excluding hydrogens is 347 g/mol. The van der Waals surface area contributed by atoms with Gasteiger partial charge >= 0.3 is 5.97 Å². The summed E-state index contributed by atoms with van der Waals surface area (Å²) in [5.41, 5.74) is 1.14. The Labute approximate surface area is 149 Å². The summed E-state index contributed by atoms with van der Waals surface area (Å²) in [7, 11) is 0.